The number of nitrogens with two attached hydrogens (primary N) is 1. The molecule has 116 valence electrons. The van der Waals surface area contributed by atoms with Gasteiger partial charge in [-0.25, -0.2) is 0 Å². The van der Waals surface area contributed by atoms with E-state index in [0.717, 1.165) is 29.3 Å². The van der Waals surface area contributed by atoms with E-state index in [1.807, 2.05) is 0 Å². The Hall–Kier alpha value is -1.99. The van der Waals surface area contributed by atoms with Crippen LogP contribution in [-0.2, 0) is 0 Å². The van der Waals surface area contributed by atoms with E-state index in [1.165, 1.54) is 23.5 Å². The lowest BCUT2D eigenvalue weighted by atomic mass is 10.0. The van der Waals surface area contributed by atoms with Gasteiger partial charge >= 0.3 is 0 Å². The number of nitrogens with one attached hydrogen (secondary N) is 1. The van der Waals surface area contributed by atoms with Gasteiger partial charge in [0.25, 0.3) is 11.6 Å². The van der Waals surface area contributed by atoms with Gasteiger partial charge in [-0.15, -0.1) is 11.3 Å². The molecule has 1 amide bonds. The first-order chi connectivity index (χ1) is 10.6. The Kier molecular flexibility index (Phi) is 4.08. The smallest absolute Gasteiger partial charge is 0.270 e. The number of nitro groups is 1. The lowest BCUT2D eigenvalue weighted by Crippen LogP contribution is -2.39. The molecule has 6 nitrogen and oxygen atoms in total. The Morgan fingerprint density at radius 2 is 2.23 bits per heavy atom. The fraction of sp³-hybridized carbons (Fsp3) is 0.400. The Morgan fingerprint density at radius 3 is 2.95 bits per heavy atom. The highest BCUT2D eigenvalue weighted by atomic mass is 32.1. The van der Waals surface area contributed by atoms with Crippen molar-refractivity contribution in [3.8, 4) is 0 Å². The van der Waals surface area contributed by atoms with E-state index in [0.29, 0.717) is 17.3 Å². The zero-order valence-corrected chi connectivity index (χ0v) is 12.8. The number of hydrogen-bond donors (Lipinski definition) is 2. The van der Waals surface area contributed by atoms with E-state index in [-0.39, 0.29) is 17.6 Å². The molecule has 0 bridgehead atoms. The number of thiophene rings is 1. The summed E-state index contributed by atoms with van der Waals surface area (Å²) < 4.78 is 0.873. The van der Waals surface area contributed by atoms with Crippen LogP contribution in [0.3, 0.4) is 0 Å². The number of fused-ring (bicyclic) bond motifs is 1. The van der Waals surface area contributed by atoms with Crippen LogP contribution in [0, 0.1) is 16.0 Å². The lowest BCUT2D eigenvalue weighted by Gasteiger charge is -2.18. The molecule has 2 atom stereocenters. The number of nitrogens with zero attached hydrogens (tertiary/aromatic N) is 1. The van der Waals surface area contributed by atoms with Gasteiger partial charge in [-0.05, 0) is 37.4 Å². The number of hydrogen-bond acceptors (Lipinski definition) is 5. The molecule has 7 heteroatoms. The molecular formula is C15H17N3O3S. The first-order valence-corrected chi connectivity index (χ1v) is 8.09. The number of carbonyl (C=O) groups excluding carboxylic acids is 1. The topological polar surface area (TPSA) is 98.3 Å². The quantitative estimate of drug-likeness (QED) is 0.668. The predicted molar refractivity (Wildman–Crippen MR) is 86.1 cm³/mol. The maximum absolute atomic E-state index is 12.4. The van der Waals surface area contributed by atoms with Crippen molar-refractivity contribution in [3.05, 3.63) is 39.3 Å². The molecule has 1 aliphatic rings. The third kappa shape index (κ3) is 2.82. The highest BCUT2D eigenvalue weighted by Crippen LogP contribution is 2.30. The summed E-state index contributed by atoms with van der Waals surface area (Å²) in [5, 5.41) is 14.6. The highest BCUT2D eigenvalue weighted by molar-refractivity contribution is 7.20. The van der Waals surface area contributed by atoms with Crippen LogP contribution in [0.1, 0.15) is 28.9 Å². The monoisotopic (exact) mass is 319 g/mol. The predicted octanol–water partition coefficient (Wildman–Crippen LogP) is 2.67. The summed E-state index contributed by atoms with van der Waals surface area (Å²) in [6.07, 6.45) is 3.11. The number of non-ortho nitro benzene ring substituents is 1. The van der Waals surface area contributed by atoms with Crippen molar-refractivity contribution < 1.29 is 9.72 Å². The summed E-state index contributed by atoms with van der Waals surface area (Å²) in [6.45, 7) is 0.587. The van der Waals surface area contributed by atoms with Crippen molar-refractivity contribution >= 4 is 33.0 Å². The van der Waals surface area contributed by atoms with Gasteiger partial charge in [0.05, 0.1) is 9.80 Å². The molecule has 0 spiro atoms. The minimum Gasteiger partial charge on any atom is -0.348 e. The van der Waals surface area contributed by atoms with E-state index in [9.17, 15) is 14.9 Å². The van der Waals surface area contributed by atoms with Gasteiger partial charge in [-0.3, -0.25) is 14.9 Å². The maximum Gasteiger partial charge on any atom is 0.270 e. The van der Waals surface area contributed by atoms with Gasteiger partial charge in [-0.2, -0.15) is 0 Å². The summed E-state index contributed by atoms with van der Waals surface area (Å²) in [6, 6.07) is 6.50. The maximum atomic E-state index is 12.4. The minimum atomic E-state index is -0.429. The van der Waals surface area contributed by atoms with Gasteiger partial charge in [0.15, 0.2) is 0 Å². The first kappa shape index (κ1) is 14.9. The van der Waals surface area contributed by atoms with Gasteiger partial charge < -0.3 is 11.1 Å². The van der Waals surface area contributed by atoms with Crippen LogP contribution < -0.4 is 11.1 Å². The van der Waals surface area contributed by atoms with Crippen molar-refractivity contribution in [3.63, 3.8) is 0 Å². The molecule has 2 aromatic rings. The second-order valence-electron chi connectivity index (χ2n) is 5.60. The number of amides is 1. The number of carbonyl (C=O) groups is 1. The van der Waals surface area contributed by atoms with Crippen molar-refractivity contribution in [2.24, 2.45) is 11.7 Å². The zero-order chi connectivity index (χ0) is 15.7. The molecule has 3 rings (SSSR count). The van der Waals surface area contributed by atoms with Crippen LogP contribution >= 0.6 is 11.3 Å². The fourth-order valence-electron chi connectivity index (χ4n) is 3.00. The molecule has 1 fully saturated rings. The van der Waals surface area contributed by atoms with Crippen molar-refractivity contribution in [2.45, 2.75) is 25.3 Å². The zero-order valence-electron chi connectivity index (χ0n) is 12.0. The average molecular weight is 319 g/mol. The first-order valence-electron chi connectivity index (χ1n) is 7.27. The molecule has 22 heavy (non-hydrogen) atoms. The molecule has 1 aliphatic carbocycles. The standard InChI is InChI=1S/C15H17N3O3S/c16-8-9-2-1-3-12(9)17-15(19)14-7-10-6-11(18(20)21)4-5-13(10)22-14/h4-7,9,12H,1-3,8,16H2,(H,17,19). The van der Waals surface area contributed by atoms with E-state index in [2.05, 4.69) is 5.32 Å². The van der Waals surface area contributed by atoms with E-state index in [4.69, 9.17) is 5.73 Å². The third-order valence-electron chi connectivity index (χ3n) is 4.21. The Labute approximate surface area is 131 Å². The minimum absolute atomic E-state index is 0.0382. The number of rotatable bonds is 4. The summed E-state index contributed by atoms with van der Waals surface area (Å²) in [4.78, 5) is 23.3. The highest BCUT2D eigenvalue weighted by Gasteiger charge is 2.28. The van der Waals surface area contributed by atoms with Crippen LogP contribution in [0.4, 0.5) is 5.69 Å². The van der Waals surface area contributed by atoms with Gasteiger partial charge in [-0.1, -0.05) is 6.42 Å². The molecule has 1 aromatic heterocycles. The molecule has 0 aliphatic heterocycles. The van der Waals surface area contributed by atoms with Gasteiger partial charge in [0, 0.05) is 28.3 Å². The molecule has 2 unspecified atom stereocenters. The van der Waals surface area contributed by atoms with Crippen LogP contribution in [-0.4, -0.2) is 23.4 Å². The normalized spacial score (nSPS) is 21.1. The summed E-state index contributed by atoms with van der Waals surface area (Å²) in [7, 11) is 0. The Balaban J connectivity index is 1.80. The van der Waals surface area contributed by atoms with Crippen LogP contribution in [0.2, 0.25) is 0 Å². The second-order valence-corrected chi connectivity index (χ2v) is 6.68. The van der Waals surface area contributed by atoms with Crippen molar-refractivity contribution in [1.29, 1.82) is 0 Å². The number of benzene rings is 1. The van der Waals surface area contributed by atoms with Crippen LogP contribution in [0.25, 0.3) is 10.1 Å². The van der Waals surface area contributed by atoms with Crippen LogP contribution in [0.15, 0.2) is 24.3 Å². The Bertz CT molecular complexity index is 728. The van der Waals surface area contributed by atoms with E-state index >= 15 is 0 Å². The van der Waals surface area contributed by atoms with Gasteiger partial charge in [0.2, 0.25) is 0 Å². The van der Waals surface area contributed by atoms with Crippen LogP contribution in [0.5, 0.6) is 0 Å². The third-order valence-corrected chi connectivity index (χ3v) is 5.33. The molecular weight excluding hydrogens is 302 g/mol. The fourth-order valence-corrected chi connectivity index (χ4v) is 3.95. The molecule has 0 radical (unpaired) electrons. The SMILES string of the molecule is NCC1CCCC1NC(=O)c1cc2cc([N+](=O)[O-])ccc2s1. The molecule has 1 aromatic carbocycles. The molecule has 1 saturated carbocycles. The lowest BCUT2D eigenvalue weighted by molar-refractivity contribution is -0.384. The second kappa shape index (κ2) is 6.02. The Morgan fingerprint density at radius 1 is 1.41 bits per heavy atom. The molecule has 0 saturated heterocycles. The van der Waals surface area contributed by atoms with E-state index < -0.39 is 4.92 Å². The van der Waals surface area contributed by atoms with Gasteiger partial charge in [0.1, 0.15) is 0 Å². The summed E-state index contributed by atoms with van der Waals surface area (Å²) in [5.74, 6) is 0.230. The summed E-state index contributed by atoms with van der Waals surface area (Å²) >= 11 is 1.35. The van der Waals surface area contributed by atoms with Crippen molar-refractivity contribution in [1.82, 2.24) is 5.32 Å². The van der Waals surface area contributed by atoms with E-state index in [1.54, 1.807) is 12.1 Å². The average Bonchev–Trinajstić information content (AvgIpc) is 3.11. The number of nitro benzene ring substituents is 1. The van der Waals surface area contributed by atoms with Crippen molar-refractivity contribution in [2.75, 3.05) is 6.54 Å². The largest absolute Gasteiger partial charge is 0.348 e. The molecule has 1 heterocycles. The summed E-state index contributed by atoms with van der Waals surface area (Å²) in [5.41, 5.74) is 5.77. The molecule has 3 N–H and O–H groups in total.